The van der Waals surface area contributed by atoms with Gasteiger partial charge in [-0.3, -0.25) is 0 Å². The summed E-state index contributed by atoms with van der Waals surface area (Å²) < 4.78 is 35.7. The molecule has 0 aromatic heterocycles. The number of hydrogen-bond acceptors (Lipinski definition) is 5. The van der Waals surface area contributed by atoms with E-state index in [1.807, 2.05) is 0 Å². The van der Waals surface area contributed by atoms with Gasteiger partial charge in [0.25, 0.3) is 0 Å². The fourth-order valence-electron chi connectivity index (χ4n) is 1.93. The largest absolute Gasteiger partial charge is 0.381 e. The molecule has 6 nitrogen and oxygen atoms in total. The molecule has 0 saturated carbocycles. The highest BCUT2D eigenvalue weighted by Gasteiger charge is 2.23. The molecule has 0 spiro atoms. The van der Waals surface area contributed by atoms with Gasteiger partial charge in [0.15, 0.2) is 0 Å². The molecule has 0 aromatic rings. The average Bonchev–Trinajstić information content (AvgIpc) is 2.36. The third-order valence-electron chi connectivity index (χ3n) is 2.99. The summed E-state index contributed by atoms with van der Waals surface area (Å²) in [5, 5.41) is 0. The second-order valence-corrected chi connectivity index (χ2v) is 6.78. The van der Waals surface area contributed by atoms with E-state index in [1.165, 1.54) is 4.31 Å². The first-order valence-electron chi connectivity index (χ1n) is 6.36. The number of nitrogens with two attached hydrogens (primary N) is 1. The van der Waals surface area contributed by atoms with Gasteiger partial charge in [0.05, 0.1) is 25.6 Å². The van der Waals surface area contributed by atoms with Gasteiger partial charge < -0.3 is 15.2 Å². The van der Waals surface area contributed by atoms with E-state index < -0.39 is 10.0 Å². The number of sulfonamides is 1. The van der Waals surface area contributed by atoms with E-state index in [2.05, 4.69) is 0 Å². The van der Waals surface area contributed by atoms with Crippen LogP contribution in [0.5, 0.6) is 0 Å². The third-order valence-corrected chi connectivity index (χ3v) is 4.77. The van der Waals surface area contributed by atoms with Crippen molar-refractivity contribution in [2.45, 2.75) is 12.8 Å². The van der Waals surface area contributed by atoms with Gasteiger partial charge in [0, 0.05) is 26.7 Å². The van der Waals surface area contributed by atoms with Crippen molar-refractivity contribution in [1.29, 1.82) is 0 Å². The standard InChI is InChI=1S/C11H24N2O4S/c1-13(9-11-3-2-5-17-10-11)18(14,15)8-7-16-6-4-12/h11H,2-10,12H2,1H3. The van der Waals surface area contributed by atoms with Crippen LogP contribution in [0.2, 0.25) is 0 Å². The summed E-state index contributed by atoms with van der Waals surface area (Å²) in [5.74, 6) is 0.320. The summed E-state index contributed by atoms with van der Waals surface area (Å²) in [6.45, 7) is 2.98. The van der Waals surface area contributed by atoms with E-state index in [0.29, 0.717) is 32.2 Å². The van der Waals surface area contributed by atoms with E-state index in [0.717, 1.165) is 19.4 Å². The van der Waals surface area contributed by atoms with Crippen molar-refractivity contribution in [1.82, 2.24) is 4.31 Å². The minimum Gasteiger partial charge on any atom is -0.381 e. The summed E-state index contributed by atoms with van der Waals surface area (Å²) >= 11 is 0. The van der Waals surface area contributed by atoms with E-state index in [9.17, 15) is 8.42 Å². The molecule has 108 valence electrons. The molecule has 1 unspecified atom stereocenters. The highest BCUT2D eigenvalue weighted by atomic mass is 32.2. The van der Waals surface area contributed by atoms with Gasteiger partial charge in [-0.2, -0.15) is 0 Å². The topological polar surface area (TPSA) is 81.9 Å². The summed E-state index contributed by atoms with van der Waals surface area (Å²) in [6, 6.07) is 0. The summed E-state index contributed by atoms with van der Waals surface area (Å²) in [6.07, 6.45) is 2.04. The van der Waals surface area contributed by atoms with Gasteiger partial charge >= 0.3 is 0 Å². The zero-order valence-corrected chi connectivity index (χ0v) is 11.8. The Morgan fingerprint density at radius 1 is 1.44 bits per heavy atom. The van der Waals surface area contributed by atoms with Crippen molar-refractivity contribution in [2.24, 2.45) is 11.7 Å². The Bertz CT molecular complexity index is 315. The highest BCUT2D eigenvalue weighted by Crippen LogP contribution is 2.15. The smallest absolute Gasteiger partial charge is 0.216 e. The predicted molar refractivity (Wildman–Crippen MR) is 69.8 cm³/mol. The van der Waals surface area contributed by atoms with E-state index in [1.54, 1.807) is 7.05 Å². The Hall–Kier alpha value is -0.210. The lowest BCUT2D eigenvalue weighted by Gasteiger charge is -2.26. The monoisotopic (exact) mass is 280 g/mol. The zero-order chi connectivity index (χ0) is 13.4. The van der Waals surface area contributed by atoms with Gasteiger partial charge in [-0.1, -0.05) is 0 Å². The summed E-state index contributed by atoms with van der Waals surface area (Å²) in [7, 11) is -1.61. The Morgan fingerprint density at radius 2 is 2.22 bits per heavy atom. The maximum absolute atomic E-state index is 11.9. The maximum atomic E-state index is 11.9. The Kier molecular flexibility index (Phi) is 7.10. The number of hydrogen-bond donors (Lipinski definition) is 1. The fourth-order valence-corrected chi connectivity index (χ4v) is 3.01. The minimum absolute atomic E-state index is 0.0110. The molecule has 0 aliphatic carbocycles. The first-order chi connectivity index (χ1) is 8.56. The molecule has 0 amide bonds. The molecule has 1 rings (SSSR count). The normalized spacial score (nSPS) is 21.4. The molecule has 0 aromatic carbocycles. The minimum atomic E-state index is -3.23. The van der Waals surface area contributed by atoms with Crippen molar-refractivity contribution in [3.05, 3.63) is 0 Å². The van der Waals surface area contributed by atoms with Crippen LogP contribution in [0.25, 0.3) is 0 Å². The second kappa shape index (κ2) is 8.06. The molecule has 18 heavy (non-hydrogen) atoms. The van der Waals surface area contributed by atoms with E-state index in [4.69, 9.17) is 15.2 Å². The number of nitrogens with zero attached hydrogens (tertiary/aromatic N) is 1. The van der Waals surface area contributed by atoms with Gasteiger partial charge in [-0.25, -0.2) is 12.7 Å². The van der Waals surface area contributed by atoms with Gasteiger partial charge in [-0.05, 0) is 18.8 Å². The molecule has 1 fully saturated rings. The zero-order valence-electron chi connectivity index (χ0n) is 11.0. The second-order valence-electron chi connectivity index (χ2n) is 4.58. The van der Waals surface area contributed by atoms with Gasteiger partial charge in [-0.15, -0.1) is 0 Å². The lowest BCUT2D eigenvalue weighted by Crippen LogP contribution is -2.37. The number of rotatable bonds is 8. The van der Waals surface area contributed by atoms with Crippen molar-refractivity contribution >= 4 is 10.0 Å². The van der Waals surface area contributed by atoms with Crippen LogP contribution >= 0.6 is 0 Å². The van der Waals surface area contributed by atoms with Crippen LogP contribution in [0.15, 0.2) is 0 Å². The highest BCUT2D eigenvalue weighted by molar-refractivity contribution is 7.89. The quantitative estimate of drug-likeness (QED) is 0.615. The van der Waals surface area contributed by atoms with Crippen molar-refractivity contribution < 1.29 is 17.9 Å². The Labute approximate surface area is 109 Å². The molecule has 0 radical (unpaired) electrons. The van der Waals surface area contributed by atoms with Crippen molar-refractivity contribution in [2.75, 3.05) is 52.3 Å². The fraction of sp³-hybridized carbons (Fsp3) is 1.00. The van der Waals surface area contributed by atoms with Gasteiger partial charge in [0.1, 0.15) is 0 Å². The van der Waals surface area contributed by atoms with Crippen LogP contribution in [0.4, 0.5) is 0 Å². The molecule has 0 bridgehead atoms. The first kappa shape index (κ1) is 15.8. The molecule has 1 atom stereocenters. The third kappa shape index (κ3) is 5.62. The molecular weight excluding hydrogens is 256 g/mol. The summed E-state index contributed by atoms with van der Waals surface area (Å²) in [5.41, 5.74) is 5.26. The number of ether oxygens (including phenoxy) is 2. The lowest BCUT2D eigenvalue weighted by molar-refractivity contribution is 0.0494. The van der Waals surface area contributed by atoms with E-state index >= 15 is 0 Å². The molecule has 1 heterocycles. The van der Waals surface area contributed by atoms with Crippen LogP contribution < -0.4 is 5.73 Å². The average molecular weight is 280 g/mol. The molecular formula is C11H24N2O4S. The van der Waals surface area contributed by atoms with Crippen LogP contribution in [-0.2, 0) is 19.5 Å². The van der Waals surface area contributed by atoms with Crippen LogP contribution in [-0.4, -0.2) is 65.0 Å². The molecule has 1 aliphatic rings. The lowest BCUT2D eigenvalue weighted by atomic mass is 10.0. The first-order valence-corrected chi connectivity index (χ1v) is 7.96. The van der Waals surface area contributed by atoms with E-state index in [-0.39, 0.29) is 12.4 Å². The Balaban J connectivity index is 2.31. The SMILES string of the molecule is CN(CC1CCCOC1)S(=O)(=O)CCOCCN. The van der Waals surface area contributed by atoms with Crippen LogP contribution in [0, 0.1) is 5.92 Å². The van der Waals surface area contributed by atoms with Crippen molar-refractivity contribution in [3.8, 4) is 0 Å². The molecule has 1 aliphatic heterocycles. The maximum Gasteiger partial charge on any atom is 0.216 e. The Morgan fingerprint density at radius 3 is 2.83 bits per heavy atom. The van der Waals surface area contributed by atoms with Crippen molar-refractivity contribution in [3.63, 3.8) is 0 Å². The molecule has 7 heteroatoms. The molecule has 2 N–H and O–H groups in total. The van der Waals surface area contributed by atoms with Gasteiger partial charge in [0.2, 0.25) is 10.0 Å². The summed E-state index contributed by atoms with van der Waals surface area (Å²) in [4.78, 5) is 0. The van der Waals surface area contributed by atoms with Crippen LogP contribution in [0.3, 0.4) is 0 Å². The van der Waals surface area contributed by atoms with Crippen LogP contribution in [0.1, 0.15) is 12.8 Å². The predicted octanol–water partition coefficient (Wildman–Crippen LogP) is -0.350. The molecule has 1 saturated heterocycles.